The van der Waals surface area contributed by atoms with Crippen LogP contribution in [0, 0.1) is 17.3 Å². The number of benzene rings is 1. The number of ether oxygens (including phenoxy) is 2. The van der Waals surface area contributed by atoms with Gasteiger partial charge in [0.05, 0.1) is 6.61 Å². The first-order valence-corrected chi connectivity index (χ1v) is 16.2. The lowest BCUT2D eigenvalue weighted by Gasteiger charge is -2.36. The molecule has 1 saturated heterocycles. The number of alkyl halides is 7. The third-order valence-corrected chi connectivity index (χ3v) is 7.73. The van der Waals surface area contributed by atoms with Gasteiger partial charge in [-0.2, -0.15) is 26.3 Å². The summed E-state index contributed by atoms with van der Waals surface area (Å²) in [6.07, 6.45) is -19.5. The Labute approximate surface area is 229 Å². The second-order valence-electron chi connectivity index (χ2n) is 11.1. The molecule has 1 heterocycles. The van der Waals surface area contributed by atoms with Crippen molar-refractivity contribution in [3.63, 3.8) is 0 Å². The zero-order valence-corrected chi connectivity index (χ0v) is 23.9. The maximum atomic E-state index is 15.5. The maximum Gasteiger partial charge on any atom is 0.434 e. The van der Waals surface area contributed by atoms with E-state index in [1.54, 1.807) is 32.0 Å². The lowest BCUT2D eigenvalue weighted by Crippen LogP contribution is -2.53. The third kappa shape index (κ3) is 9.69. The summed E-state index contributed by atoms with van der Waals surface area (Å²) in [5.74, 6) is 5.16. The van der Waals surface area contributed by atoms with Crippen LogP contribution in [0.15, 0.2) is 24.3 Å². The summed E-state index contributed by atoms with van der Waals surface area (Å²) in [5, 5.41) is 0. The van der Waals surface area contributed by atoms with E-state index in [2.05, 4.69) is 36.2 Å². The quantitative estimate of drug-likeness (QED) is 0.124. The van der Waals surface area contributed by atoms with Gasteiger partial charge in [0.15, 0.2) is 6.30 Å². The van der Waals surface area contributed by atoms with Gasteiger partial charge in [0, 0.05) is 45.4 Å². The van der Waals surface area contributed by atoms with Crippen LogP contribution >= 0.6 is 0 Å². The number of halogens is 7. The Morgan fingerprint density at radius 1 is 0.975 bits per heavy atom. The SMILES string of the molecule is CC(C)(C#Cc1ccccc1C(F)N1CCN(C(=O)OC(C(F)(F)F)C(F)(F)F)CC1)C(=O)OCC[Si](C)(C)C. The Morgan fingerprint density at radius 2 is 1.52 bits per heavy atom. The highest BCUT2D eigenvalue weighted by Gasteiger charge is 2.60. The minimum atomic E-state index is -5.83. The van der Waals surface area contributed by atoms with Gasteiger partial charge in [0.1, 0.15) is 5.41 Å². The van der Waals surface area contributed by atoms with Crippen LogP contribution in [0.1, 0.15) is 31.3 Å². The van der Waals surface area contributed by atoms with Gasteiger partial charge in [-0.3, -0.25) is 9.69 Å². The number of carbonyl (C=O) groups excluding carboxylic acids is 2. The van der Waals surface area contributed by atoms with Gasteiger partial charge in [0.25, 0.3) is 6.10 Å². The van der Waals surface area contributed by atoms with Crippen LogP contribution in [0.4, 0.5) is 35.5 Å². The van der Waals surface area contributed by atoms with Crippen molar-refractivity contribution in [3.05, 3.63) is 35.4 Å². The molecule has 0 N–H and O–H groups in total. The maximum absolute atomic E-state index is 15.5. The Bertz CT molecular complexity index is 1090. The first kappa shape index (κ1) is 33.4. The third-order valence-electron chi connectivity index (χ3n) is 6.03. The summed E-state index contributed by atoms with van der Waals surface area (Å²) in [7, 11) is -1.40. The van der Waals surface area contributed by atoms with Gasteiger partial charge in [-0.25, -0.2) is 9.18 Å². The molecule has 0 spiro atoms. The highest BCUT2D eigenvalue weighted by Crippen LogP contribution is 2.36. The number of esters is 1. The predicted octanol–water partition coefficient (Wildman–Crippen LogP) is 6.16. The number of amides is 1. The fraction of sp³-hybridized carbons (Fsp3) is 0.615. The molecule has 40 heavy (non-hydrogen) atoms. The van der Waals surface area contributed by atoms with E-state index in [0.29, 0.717) is 4.90 Å². The Kier molecular flexibility index (Phi) is 10.7. The Morgan fingerprint density at radius 3 is 2.05 bits per heavy atom. The van der Waals surface area contributed by atoms with Gasteiger partial charge in [0.2, 0.25) is 0 Å². The minimum Gasteiger partial charge on any atom is -0.465 e. The van der Waals surface area contributed by atoms with E-state index in [1.807, 2.05) is 0 Å². The molecule has 0 aromatic heterocycles. The van der Waals surface area contributed by atoms with Gasteiger partial charge < -0.3 is 14.4 Å². The van der Waals surface area contributed by atoms with Crippen molar-refractivity contribution in [1.29, 1.82) is 0 Å². The molecule has 1 aromatic rings. The topological polar surface area (TPSA) is 59.1 Å². The standard InChI is InChI=1S/C26H33F7N2O4Si/c1-24(2,22(36)38-16-17-40(3,4)5)11-10-18-8-6-7-9-19(18)20(27)34-12-14-35(15-13-34)23(37)39-21(25(28,29)30)26(31,32)33/h6-9,20-21H,12-17H2,1-5H3. The van der Waals surface area contributed by atoms with Gasteiger partial charge in [-0.05, 0) is 26.0 Å². The van der Waals surface area contributed by atoms with Crippen LogP contribution in [-0.2, 0) is 14.3 Å². The molecular formula is C26H33F7N2O4Si. The van der Waals surface area contributed by atoms with E-state index in [1.165, 1.54) is 11.0 Å². The summed E-state index contributed by atoms with van der Waals surface area (Å²) >= 11 is 0. The molecule has 1 aromatic carbocycles. The first-order chi connectivity index (χ1) is 18.2. The smallest absolute Gasteiger partial charge is 0.434 e. The highest BCUT2D eigenvalue weighted by molar-refractivity contribution is 6.76. The monoisotopic (exact) mass is 598 g/mol. The van der Waals surface area contributed by atoms with E-state index in [9.17, 15) is 35.9 Å². The van der Waals surface area contributed by atoms with Crippen LogP contribution < -0.4 is 0 Å². The molecule has 2 rings (SSSR count). The number of hydrogen-bond donors (Lipinski definition) is 0. The van der Waals surface area contributed by atoms with Crippen molar-refractivity contribution in [1.82, 2.24) is 9.80 Å². The molecule has 0 bridgehead atoms. The second kappa shape index (κ2) is 12.8. The number of rotatable bonds is 7. The molecule has 1 unspecified atom stereocenters. The van der Waals surface area contributed by atoms with Crippen molar-refractivity contribution in [2.75, 3.05) is 32.8 Å². The average molecular weight is 599 g/mol. The number of nitrogens with zero attached hydrogens (tertiary/aromatic N) is 2. The molecule has 1 aliphatic rings. The van der Waals surface area contributed by atoms with Gasteiger partial charge >= 0.3 is 24.4 Å². The van der Waals surface area contributed by atoms with Gasteiger partial charge in [-0.1, -0.05) is 49.7 Å². The van der Waals surface area contributed by atoms with Crippen molar-refractivity contribution in [2.24, 2.45) is 5.41 Å². The number of piperazine rings is 1. The van der Waals surface area contributed by atoms with Crippen molar-refractivity contribution < 1.29 is 49.8 Å². The van der Waals surface area contributed by atoms with E-state index in [0.717, 1.165) is 6.04 Å². The van der Waals surface area contributed by atoms with Gasteiger partial charge in [-0.15, -0.1) is 0 Å². The summed E-state index contributed by atoms with van der Waals surface area (Å²) < 4.78 is 101. The van der Waals surface area contributed by atoms with Crippen LogP contribution in [0.2, 0.25) is 25.7 Å². The molecule has 0 radical (unpaired) electrons. The molecule has 1 fully saturated rings. The average Bonchev–Trinajstić information content (AvgIpc) is 2.83. The fourth-order valence-corrected chi connectivity index (χ4v) is 4.26. The molecule has 6 nitrogen and oxygen atoms in total. The molecule has 1 amide bonds. The van der Waals surface area contributed by atoms with Crippen LogP contribution in [0.25, 0.3) is 0 Å². The Hall–Kier alpha value is -2.79. The summed E-state index contributed by atoms with van der Waals surface area (Å²) in [6, 6.07) is 7.04. The Balaban J connectivity index is 2.06. The second-order valence-corrected chi connectivity index (χ2v) is 16.7. The molecule has 224 valence electrons. The fourth-order valence-electron chi connectivity index (χ4n) is 3.55. The van der Waals surface area contributed by atoms with Crippen molar-refractivity contribution >= 4 is 20.1 Å². The first-order valence-electron chi connectivity index (χ1n) is 12.5. The zero-order chi connectivity index (χ0) is 30.5. The largest absolute Gasteiger partial charge is 0.465 e. The molecule has 0 saturated carbocycles. The molecular weight excluding hydrogens is 565 g/mol. The number of carbonyl (C=O) groups is 2. The summed E-state index contributed by atoms with van der Waals surface area (Å²) in [5.41, 5.74) is -0.726. The van der Waals surface area contributed by atoms with E-state index in [4.69, 9.17) is 4.74 Å². The van der Waals surface area contributed by atoms with Crippen molar-refractivity contribution in [3.8, 4) is 11.8 Å². The lowest BCUT2D eigenvalue weighted by atomic mass is 9.93. The van der Waals surface area contributed by atoms with Crippen LogP contribution in [0.3, 0.4) is 0 Å². The molecule has 1 atom stereocenters. The molecule has 0 aliphatic carbocycles. The minimum absolute atomic E-state index is 0.156. The van der Waals surface area contributed by atoms with E-state index in [-0.39, 0.29) is 43.9 Å². The van der Waals surface area contributed by atoms with Crippen LogP contribution in [0.5, 0.6) is 0 Å². The van der Waals surface area contributed by atoms with E-state index < -0.39 is 50.3 Å². The predicted molar refractivity (Wildman–Crippen MR) is 136 cm³/mol. The summed E-state index contributed by atoms with van der Waals surface area (Å²) in [4.78, 5) is 26.5. The zero-order valence-electron chi connectivity index (χ0n) is 22.9. The normalized spacial score (nSPS) is 16.3. The van der Waals surface area contributed by atoms with Crippen molar-refractivity contribution in [2.45, 2.75) is 64.3 Å². The number of hydrogen-bond acceptors (Lipinski definition) is 5. The highest BCUT2D eigenvalue weighted by atomic mass is 28.3. The lowest BCUT2D eigenvalue weighted by molar-refractivity contribution is -0.308. The molecule has 1 aliphatic heterocycles. The van der Waals surface area contributed by atoms with E-state index >= 15 is 4.39 Å². The van der Waals surface area contributed by atoms with Crippen LogP contribution in [-0.4, -0.2) is 81.2 Å². The summed E-state index contributed by atoms with van der Waals surface area (Å²) in [6.45, 7) is 8.84. The molecule has 14 heteroatoms.